The van der Waals surface area contributed by atoms with Crippen LogP contribution in [0.3, 0.4) is 0 Å². The molecule has 2 aromatic rings. The van der Waals surface area contributed by atoms with Gasteiger partial charge in [-0.25, -0.2) is 8.78 Å². The number of aryl methyl sites for hydroxylation is 1. The third kappa shape index (κ3) is 3.79. The second kappa shape index (κ2) is 6.68. The summed E-state index contributed by atoms with van der Waals surface area (Å²) in [7, 11) is 0. The largest absolute Gasteiger partial charge is 0.481 e. The van der Waals surface area contributed by atoms with E-state index in [-0.39, 0.29) is 11.8 Å². The Balaban J connectivity index is 2.35. The second-order valence-electron chi connectivity index (χ2n) is 5.10. The molecule has 0 saturated heterocycles. The van der Waals surface area contributed by atoms with E-state index in [1.165, 1.54) is 0 Å². The molecule has 2 aromatic carbocycles. The molecule has 2 rings (SSSR count). The molecule has 4 heteroatoms. The van der Waals surface area contributed by atoms with Gasteiger partial charge in [0.05, 0.1) is 0 Å². The van der Waals surface area contributed by atoms with Gasteiger partial charge < -0.3 is 10.5 Å². The van der Waals surface area contributed by atoms with E-state index in [1.807, 2.05) is 38.1 Å². The van der Waals surface area contributed by atoms with Crippen molar-refractivity contribution in [3.63, 3.8) is 0 Å². The lowest BCUT2D eigenvalue weighted by Crippen LogP contribution is -2.31. The first-order chi connectivity index (χ1) is 10.0. The summed E-state index contributed by atoms with van der Waals surface area (Å²) in [4.78, 5) is 0. The third-order valence-corrected chi connectivity index (χ3v) is 3.38. The van der Waals surface area contributed by atoms with E-state index in [1.54, 1.807) is 0 Å². The highest BCUT2D eigenvalue weighted by Gasteiger charge is 2.22. The van der Waals surface area contributed by atoms with Crippen LogP contribution in [0.4, 0.5) is 8.78 Å². The van der Waals surface area contributed by atoms with Crippen LogP contribution in [0.15, 0.2) is 42.5 Å². The van der Waals surface area contributed by atoms with E-state index in [2.05, 4.69) is 0 Å². The molecule has 0 aliphatic carbocycles. The number of hydrogen-bond acceptors (Lipinski definition) is 2. The van der Waals surface area contributed by atoms with E-state index in [9.17, 15) is 8.78 Å². The van der Waals surface area contributed by atoms with Crippen LogP contribution in [0.2, 0.25) is 0 Å². The summed E-state index contributed by atoms with van der Waals surface area (Å²) in [6.07, 6.45) is 0.140. The average molecular weight is 291 g/mol. The van der Waals surface area contributed by atoms with Gasteiger partial charge in [0.25, 0.3) is 0 Å². The van der Waals surface area contributed by atoms with E-state index in [4.69, 9.17) is 10.5 Å². The van der Waals surface area contributed by atoms with Crippen molar-refractivity contribution in [2.45, 2.75) is 32.4 Å². The molecule has 2 unspecified atom stereocenters. The molecule has 2 atom stereocenters. The topological polar surface area (TPSA) is 35.2 Å². The van der Waals surface area contributed by atoms with Gasteiger partial charge in [-0.05, 0) is 31.0 Å². The maximum atomic E-state index is 13.8. The minimum Gasteiger partial charge on any atom is -0.481 e. The molecule has 0 heterocycles. The highest BCUT2D eigenvalue weighted by Crippen LogP contribution is 2.28. The number of halogens is 2. The minimum atomic E-state index is -0.600. The van der Waals surface area contributed by atoms with Crippen LogP contribution < -0.4 is 10.5 Å². The summed E-state index contributed by atoms with van der Waals surface area (Å²) in [5.74, 6) is -1.26. The van der Waals surface area contributed by atoms with Gasteiger partial charge in [-0.1, -0.05) is 36.8 Å². The Morgan fingerprint density at radius 3 is 2.57 bits per heavy atom. The molecule has 0 fully saturated rings. The Bertz CT molecular complexity index is 615. The van der Waals surface area contributed by atoms with E-state index in [0.29, 0.717) is 6.42 Å². The molecule has 0 spiro atoms. The summed E-state index contributed by atoms with van der Waals surface area (Å²) in [6, 6.07) is 10.5. The number of hydrogen-bond donors (Lipinski definition) is 1. The zero-order chi connectivity index (χ0) is 15.4. The van der Waals surface area contributed by atoms with Crippen LogP contribution in [0.1, 0.15) is 30.6 Å². The van der Waals surface area contributed by atoms with Crippen molar-refractivity contribution in [2.75, 3.05) is 0 Å². The summed E-state index contributed by atoms with van der Waals surface area (Å²) in [6.45, 7) is 3.89. The Morgan fingerprint density at radius 1 is 1.14 bits per heavy atom. The number of ether oxygens (including phenoxy) is 1. The monoisotopic (exact) mass is 291 g/mol. The number of rotatable bonds is 5. The Hall–Kier alpha value is -1.94. The standard InChI is InChI=1S/C17H19F2NO/c1-3-15(20)17(12-6-4-5-11(2)9-12)21-16-10-13(18)7-8-14(16)19/h4-10,15,17H,3,20H2,1-2H3. The van der Waals surface area contributed by atoms with Crippen molar-refractivity contribution in [1.29, 1.82) is 0 Å². The van der Waals surface area contributed by atoms with Crippen LogP contribution in [0, 0.1) is 18.6 Å². The SMILES string of the molecule is CCC(N)C(Oc1cc(F)ccc1F)c1cccc(C)c1. The summed E-state index contributed by atoms with van der Waals surface area (Å²) < 4.78 is 32.7. The summed E-state index contributed by atoms with van der Waals surface area (Å²) >= 11 is 0. The molecular weight excluding hydrogens is 272 g/mol. The van der Waals surface area contributed by atoms with Gasteiger partial charge in [-0.3, -0.25) is 0 Å². The molecule has 112 valence electrons. The third-order valence-electron chi connectivity index (χ3n) is 3.38. The van der Waals surface area contributed by atoms with Gasteiger partial charge in [0.1, 0.15) is 11.9 Å². The quantitative estimate of drug-likeness (QED) is 0.899. The zero-order valence-electron chi connectivity index (χ0n) is 12.1. The fraction of sp³-hybridized carbons (Fsp3) is 0.294. The summed E-state index contributed by atoms with van der Waals surface area (Å²) in [5, 5.41) is 0. The molecule has 0 aliphatic rings. The average Bonchev–Trinajstić information content (AvgIpc) is 2.47. The van der Waals surface area contributed by atoms with Crippen molar-refractivity contribution in [3.8, 4) is 5.75 Å². The second-order valence-corrected chi connectivity index (χ2v) is 5.10. The van der Waals surface area contributed by atoms with Crippen molar-refractivity contribution >= 4 is 0 Å². The maximum Gasteiger partial charge on any atom is 0.165 e. The van der Waals surface area contributed by atoms with Crippen molar-refractivity contribution in [2.24, 2.45) is 5.73 Å². The lowest BCUT2D eigenvalue weighted by Gasteiger charge is -2.25. The molecule has 0 amide bonds. The van der Waals surface area contributed by atoms with Gasteiger partial charge in [0.15, 0.2) is 11.6 Å². The number of nitrogens with two attached hydrogens (primary N) is 1. The van der Waals surface area contributed by atoms with Crippen LogP contribution >= 0.6 is 0 Å². The molecular formula is C17H19F2NO. The van der Waals surface area contributed by atoms with Gasteiger partial charge in [0, 0.05) is 12.1 Å². The highest BCUT2D eigenvalue weighted by atomic mass is 19.1. The van der Waals surface area contributed by atoms with Crippen molar-refractivity contribution in [3.05, 3.63) is 65.2 Å². The maximum absolute atomic E-state index is 13.8. The highest BCUT2D eigenvalue weighted by molar-refractivity contribution is 5.29. The molecule has 2 nitrogen and oxygen atoms in total. The zero-order valence-corrected chi connectivity index (χ0v) is 12.1. The van der Waals surface area contributed by atoms with Crippen LogP contribution in [0.25, 0.3) is 0 Å². The van der Waals surface area contributed by atoms with Gasteiger partial charge in [0.2, 0.25) is 0 Å². The fourth-order valence-electron chi connectivity index (χ4n) is 2.17. The van der Waals surface area contributed by atoms with Crippen molar-refractivity contribution in [1.82, 2.24) is 0 Å². The molecule has 0 aromatic heterocycles. The molecule has 0 saturated carbocycles. The van der Waals surface area contributed by atoms with E-state index >= 15 is 0 Å². The van der Waals surface area contributed by atoms with Crippen molar-refractivity contribution < 1.29 is 13.5 Å². The first kappa shape index (κ1) is 15.4. The predicted octanol–water partition coefficient (Wildman–Crippen LogP) is 4.13. The molecule has 2 N–H and O–H groups in total. The predicted molar refractivity (Wildman–Crippen MR) is 79.2 cm³/mol. The summed E-state index contributed by atoms with van der Waals surface area (Å²) in [5.41, 5.74) is 8.01. The normalized spacial score (nSPS) is 13.8. The lowest BCUT2D eigenvalue weighted by atomic mass is 9.99. The van der Waals surface area contributed by atoms with Gasteiger partial charge in [-0.15, -0.1) is 0 Å². The molecule has 21 heavy (non-hydrogen) atoms. The molecule has 0 aliphatic heterocycles. The van der Waals surface area contributed by atoms with Crippen LogP contribution in [-0.4, -0.2) is 6.04 Å². The Labute approximate surface area is 123 Å². The van der Waals surface area contributed by atoms with Gasteiger partial charge in [-0.2, -0.15) is 0 Å². The number of benzene rings is 2. The molecule has 0 radical (unpaired) electrons. The first-order valence-electron chi connectivity index (χ1n) is 6.95. The smallest absolute Gasteiger partial charge is 0.165 e. The van der Waals surface area contributed by atoms with E-state index in [0.717, 1.165) is 29.3 Å². The minimum absolute atomic E-state index is 0.120. The Morgan fingerprint density at radius 2 is 1.90 bits per heavy atom. The van der Waals surface area contributed by atoms with Crippen LogP contribution in [-0.2, 0) is 0 Å². The fourth-order valence-corrected chi connectivity index (χ4v) is 2.17. The Kier molecular flexibility index (Phi) is 4.91. The molecule has 0 bridgehead atoms. The van der Waals surface area contributed by atoms with Gasteiger partial charge >= 0.3 is 0 Å². The van der Waals surface area contributed by atoms with Crippen LogP contribution in [0.5, 0.6) is 5.75 Å². The first-order valence-corrected chi connectivity index (χ1v) is 6.95. The van der Waals surface area contributed by atoms with E-state index < -0.39 is 17.7 Å². The lowest BCUT2D eigenvalue weighted by molar-refractivity contribution is 0.163.